The van der Waals surface area contributed by atoms with E-state index in [0.717, 1.165) is 18.2 Å². The molecule has 0 aliphatic carbocycles. The summed E-state index contributed by atoms with van der Waals surface area (Å²) in [6.45, 7) is 2.83. The maximum absolute atomic E-state index is 13.2. The summed E-state index contributed by atoms with van der Waals surface area (Å²) in [5, 5.41) is 9.27. The third-order valence-corrected chi connectivity index (χ3v) is 3.27. The second-order valence-electron chi connectivity index (χ2n) is 5.08. The Morgan fingerprint density at radius 3 is 2.36 bits per heavy atom. The Balaban J connectivity index is 2.66. The van der Waals surface area contributed by atoms with Gasteiger partial charge in [-0.15, -0.1) is 5.92 Å². The number of carbonyl (C=O) groups is 1. The second-order valence-corrected chi connectivity index (χ2v) is 5.08. The van der Waals surface area contributed by atoms with Crippen LogP contribution in [0.1, 0.15) is 34.0 Å². The lowest BCUT2D eigenvalue weighted by atomic mass is 10.0. The lowest BCUT2D eigenvalue weighted by molar-refractivity contribution is -0.137. The molecule has 25 heavy (non-hydrogen) atoms. The first-order chi connectivity index (χ1) is 11.6. The van der Waals surface area contributed by atoms with E-state index in [1.165, 1.54) is 19.9 Å². The fourth-order valence-corrected chi connectivity index (χ4v) is 2.15. The zero-order valence-corrected chi connectivity index (χ0v) is 13.2. The number of hydrogen-bond acceptors (Lipinski definition) is 2. The van der Waals surface area contributed by atoms with Crippen molar-refractivity contribution in [3.63, 3.8) is 0 Å². The van der Waals surface area contributed by atoms with Gasteiger partial charge in [0, 0.05) is 5.56 Å². The van der Waals surface area contributed by atoms with Crippen LogP contribution in [0, 0.1) is 24.6 Å². The van der Waals surface area contributed by atoms with Gasteiger partial charge in [-0.2, -0.15) is 13.2 Å². The summed E-state index contributed by atoms with van der Waals surface area (Å²) in [7, 11) is 0. The maximum Gasteiger partial charge on any atom is 0.417 e. The number of aryl methyl sites for hydroxylation is 1. The molecule has 0 aliphatic heterocycles. The van der Waals surface area contributed by atoms with Crippen LogP contribution < -0.4 is 4.74 Å². The van der Waals surface area contributed by atoms with E-state index in [4.69, 9.17) is 4.74 Å². The van der Waals surface area contributed by atoms with Crippen molar-refractivity contribution in [1.82, 2.24) is 0 Å². The molecule has 0 bridgehead atoms. The van der Waals surface area contributed by atoms with Gasteiger partial charge in [-0.1, -0.05) is 5.92 Å². The molecule has 0 aliphatic rings. The predicted octanol–water partition coefficient (Wildman–Crippen LogP) is 5.01. The first-order valence-corrected chi connectivity index (χ1v) is 6.98. The van der Waals surface area contributed by atoms with Crippen molar-refractivity contribution < 1.29 is 32.2 Å². The largest absolute Gasteiger partial charge is 0.478 e. The zero-order chi connectivity index (χ0) is 18.8. The average Bonchev–Trinajstić information content (AvgIpc) is 2.50. The molecule has 0 spiro atoms. The highest BCUT2D eigenvalue weighted by Gasteiger charge is 2.35. The molecular formula is C18H12F4O3. The average molecular weight is 352 g/mol. The Bertz CT molecular complexity index is 890. The monoisotopic (exact) mass is 352 g/mol. The minimum absolute atomic E-state index is 0.0475. The van der Waals surface area contributed by atoms with Crippen LogP contribution in [0.3, 0.4) is 0 Å². The molecule has 2 aromatic carbocycles. The molecule has 0 saturated heterocycles. The molecule has 0 radical (unpaired) electrons. The molecule has 2 aromatic rings. The smallest absolute Gasteiger partial charge is 0.417 e. The third kappa shape index (κ3) is 4.10. The summed E-state index contributed by atoms with van der Waals surface area (Å²) in [5.74, 6) is 2.10. The van der Waals surface area contributed by atoms with Gasteiger partial charge < -0.3 is 9.84 Å². The van der Waals surface area contributed by atoms with Gasteiger partial charge in [0.15, 0.2) is 0 Å². The van der Waals surface area contributed by atoms with E-state index in [-0.39, 0.29) is 5.75 Å². The molecule has 0 unspecified atom stereocenters. The number of carboxylic acid groups (broad SMARTS) is 1. The van der Waals surface area contributed by atoms with E-state index in [0.29, 0.717) is 11.6 Å². The number of rotatable bonds is 3. The molecule has 0 atom stereocenters. The Hall–Kier alpha value is -3.01. The molecule has 0 heterocycles. The number of alkyl halides is 3. The van der Waals surface area contributed by atoms with Gasteiger partial charge >= 0.3 is 12.1 Å². The molecule has 3 nitrogen and oxygen atoms in total. The van der Waals surface area contributed by atoms with E-state index < -0.39 is 40.4 Å². The van der Waals surface area contributed by atoms with Crippen LogP contribution in [0.5, 0.6) is 11.5 Å². The summed E-state index contributed by atoms with van der Waals surface area (Å²) in [6.07, 6.45) is -4.74. The van der Waals surface area contributed by atoms with Gasteiger partial charge in [0.25, 0.3) is 0 Å². The summed E-state index contributed by atoms with van der Waals surface area (Å²) >= 11 is 0. The van der Waals surface area contributed by atoms with E-state index >= 15 is 0 Å². The molecule has 130 valence electrons. The van der Waals surface area contributed by atoms with Crippen molar-refractivity contribution in [1.29, 1.82) is 0 Å². The summed E-state index contributed by atoms with van der Waals surface area (Å²) < 4.78 is 58.2. The van der Waals surface area contributed by atoms with Crippen LogP contribution >= 0.6 is 0 Å². The van der Waals surface area contributed by atoms with Crippen molar-refractivity contribution in [3.05, 3.63) is 58.4 Å². The van der Waals surface area contributed by atoms with E-state index in [1.807, 2.05) is 0 Å². The van der Waals surface area contributed by atoms with Crippen molar-refractivity contribution in [2.24, 2.45) is 0 Å². The molecule has 7 heteroatoms. The molecule has 0 saturated carbocycles. The number of halogens is 4. The number of benzene rings is 2. The van der Waals surface area contributed by atoms with Gasteiger partial charge in [0.1, 0.15) is 22.9 Å². The summed E-state index contributed by atoms with van der Waals surface area (Å²) in [4.78, 5) is 11.4. The van der Waals surface area contributed by atoms with Gasteiger partial charge in [0.05, 0.1) is 5.56 Å². The minimum Gasteiger partial charge on any atom is -0.478 e. The van der Waals surface area contributed by atoms with E-state index in [1.54, 1.807) is 0 Å². The fourth-order valence-electron chi connectivity index (χ4n) is 2.15. The number of hydrogen-bond donors (Lipinski definition) is 1. The first-order valence-electron chi connectivity index (χ1n) is 6.98. The fraction of sp³-hybridized carbons (Fsp3) is 0.167. The maximum atomic E-state index is 13.2. The number of carboxylic acids is 1. The first kappa shape index (κ1) is 18.3. The van der Waals surface area contributed by atoms with Crippen molar-refractivity contribution in [2.75, 3.05) is 0 Å². The quantitative estimate of drug-likeness (QED) is 0.624. The van der Waals surface area contributed by atoms with Crippen LogP contribution in [0.15, 0.2) is 30.3 Å². The highest BCUT2D eigenvalue weighted by Crippen LogP contribution is 2.38. The lowest BCUT2D eigenvalue weighted by Crippen LogP contribution is -2.11. The van der Waals surface area contributed by atoms with Gasteiger partial charge in [-0.25, -0.2) is 9.18 Å². The molecular weight excluding hydrogens is 340 g/mol. The van der Waals surface area contributed by atoms with Crippen LogP contribution in [0.4, 0.5) is 17.6 Å². The minimum atomic E-state index is -4.74. The Morgan fingerprint density at radius 1 is 1.16 bits per heavy atom. The Kier molecular flexibility index (Phi) is 5.02. The van der Waals surface area contributed by atoms with Gasteiger partial charge in [-0.05, 0) is 49.7 Å². The molecule has 2 rings (SSSR count). The van der Waals surface area contributed by atoms with Crippen LogP contribution in [-0.2, 0) is 6.18 Å². The molecule has 0 aromatic heterocycles. The number of ether oxygens (including phenoxy) is 1. The van der Waals surface area contributed by atoms with Crippen LogP contribution in [0.25, 0.3) is 0 Å². The third-order valence-electron chi connectivity index (χ3n) is 3.27. The molecule has 0 amide bonds. The highest BCUT2D eigenvalue weighted by molar-refractivity contribution is 5.92. The van der Waals surface area contributed by atoms with E-state index in [9.17, 15) is 27.5 Å². The lowest BCUT2D eigenvalue weighted by Gasteiger charge is -2.15. The van der Waals surface area contributed by atoms with Crippen LogP contribution in [-0.4, -0.2) is 11.1 Å². The van der Waals surface area contributed by atoms with Crippen molar-refractivity contribution in [3.8, 4) is 23.3 Å². The predicted molar refractivity (Wildman–Crippen MR) is 82.2 cm³/mol. The Labute approximate surface area is 140 Å². The topological polar surface area (TPSA) is 46.5 Å². The molecule has 0 fully saturated rings. The highest BCUT2D eigenvalue weighted by atomic mass is 19.4. The Morgan fingerprint density at radius 2 is 1.84 bits per heavy atom. The second kappa shape index (κ2) is 6.85. The van der Waals surface area contributed by atoms with Gasteiger partial charge in [-0.3, -0.25) is 0 Å². The van der Waals surface area contributed by atoms with Crippen LogP contribution in [0.2, 0.25) is 0 Å². The normalized spacial score (nSPS) is 10.8. The summed E-state index contributed by atoms with van der Waals surface area (Å²) in [5.41, 5.74) is -1.74. The van der Waals surface area contributed by atoms with Gasteiger partial charge in [0.2, 0.25) is 0 Å². The molecule has 1 N–H and O–H groups in total. The van der Waals surface area contributed by atoms with Crippen molar-refractivity contribution in [2.45, 2.75) is 20.0 Å². The standard InChI is InChI=1S/C18H12F4O3/c1-3-4-11-8-13(17(23)24)16(9-14(11)18(20,21)22)25-15-6-5-12(19)7-10(15)2/h5-9H,1-2H3,(H,23,24). The zero-order valence-electron chi connectivity index (χ0n) is 13.2. The number of aromatic carboxylic acids is 1. The summed E-state index contributed by atoms with van der Waals surface area (Å²) in [6, 6.07) is 4.80. The van der Waals surface area contributed by atoms with E-state index in [2.05, 4.69) is 11.8 Å². The van der Waals surface area contributed by atoms with Crippen molar-refractivity contribution >= 4 is 5.97 Å². The SMILES string of the molecule is CC#Cc1cc(C(=O)O)c(Oc2ccc(F)cc2C)cc1C(F)(F)F.